The summed E-state index contributed by atoms with van der Waals surface area (Å²) in [5.74, 6) is -0.425. The van der Waals surface area contributed by atoms with E-state index in [2.05, 4.69) is 10.3 Å². The van der Waals surface area contributed by atoms with Crippen molar-refractivity contribution in [3.05, 3.63) is 76.8 Å². The van der Waals surface area contributed by atoms with Crippen LogP contribution in [0.4, 0.5) is 0 Å². The van der Waals surface area contributed by atoms with Crippen molar-refractivity contribution in [2.45, 2.75) is 12.5 Å². The highest BCUT2D eigenvalue weighted by molar-refractivity contribution is 5.90. The molecule has 8 heteroatoms. The number of esters is 1. The summed E-state index contributed by atoms with van der Waals surface area (Å²) in [6, 6.07) is 15.7. The second kappa shape index (κ2) is 7.97. The lowest BCUT2D eigenvalue weighted by Gasteiger charge is -2.10. The molecule has 2 N–H and O–H groups in total. The highest BCUT2D eigenvalue weighted by atomic mass is 16.5. The van der Waals surface area contributed by atoms with E-state index in [9.17, 15) is 14.7 Å². The van der Waals surface area contributed by atoms with E-state index in [1.807, 2.05) is 12.1 Å². The molecule has 0 bridgehead atoms. The van der Waals surface area contributed by atoms with Crippen LogP contribution in [0.1, 0.15) is 22.8 Å². The molecule has 0 aliphatic carbocycles. The Morgan fingerprint density at radius 1 is 1.16 bits per heavy atom. The Morgan fingerprint density at radius 3 is 2.62 bits per heavy atom. The summed E-state index contributed by atoms with van der Waals surface area (Å²) in [5.41, 5.74) is 3.46. The molecule has 0 radical (unpaired) electrons. The average Bonchev–Trinajstić information content (AvgIpc) is 3.44. The number of nitrogens with zero attached hydrogens (tertiary/aromatic N) is 3. The fraction of sp³-hybridized carbons (Fsp3) is 0.208. The number of carbonyl (C=O) groups is 1. The third kappa shape index (κ3) is 3.25. The molecular formula is C24H22N4O4. The molecule has 2 aromatic carbocycles. The van der Waals surface area contributed by atoms with Crippen LogP contribution in [-0.2, 0) is 4.74 Å². The Labute approximate surface area is 183 Å². The molecule has 162 valence electrons. The van der Waals surface area contributed by atoms with Gasteiger partial charge in [-0.15, -0.1) is 0 Å². The maximum Gasteiger partial charge on any atom is 0.337 e. The summed E-state index contributed by atoms with van der Waals surface area (Å²) in [5, 5.41) is 14.2. The van der Waals surface area contributed by atoms with E-state index in [1.165, 1.54) is 11.7 Å². The molecule has 0 unspecified atom stereocenters. The largest absolute Gasteiger partial charge is 0.506 e. The van der Waals surface area contributed by atoms with Gasteiger partial charge in [0.25, 0.3) is 0 Å². The molecule has 0 saturated carbocycles. The average molecular weight is 430 g/mol. The first-order chi connectivity index (χ1) is 15.6. The van der Waals surface area contributed by atoms with Gasteiger partial charge in [-0.3, -0.25) is 9.13 Å². The maximum atomic E-state index is 13.4. The molecule has 1 aliphatic heterocycles. The van der Waals surface area contributed by atoms with E-state index in [0.717, 1.165) is 24.1 Å². The number of nitrogens with one attached hydrogen (secondary N) is 1. The Kier molecular flexibility index (Phi) is 4.99. The number of phenolic OH excluding ortho intramolecular Hbond substituents is 1. The number of imidazole rings is 1. The zero-order valence-electron chi connectivity index (χ0n) is 17.5. The van der Waals surface area contributed by atoms with Gasteiger partial charge in [0, 0.05) is 12.7 Å². The maximum absolute atomic E-state index is 13.4. The molecule has 8 nitrogen and oxygen atoms in total. The third-order valence-corrected chi connectivity index (χ3v) is 5.89. The number of carbonyl (C=O) groups excluding carboxylic acids is 1. The molecule has 32 heavy (non-hydrogen) atoms. The number of fused-ring (bicyclic) bond motifs is 1. The van der Waals surface area contributed by atoms with Gasteiger partial charge in [0.2, 0.25) is 0 Å². The Hall–Kier alpha value is -3.91. The van der Waals surface area contributed by atoms with Crippen LogP contribution < -0.4 is 11.0 Å². The third-order valence-electron chi connectivity index (χ3n) is 5.89. The minimum atomic E-state index is -0.406. The summed E-state index contributed by atoms with van der Waals surface area (Å²) in [6.07, 6.45) is 2.52. The highest BCUT2D eigenvalue weighted by Crippen LogP contribution is 2.31. The number of aromatic hydroxyl groups is 1. The second-order valence-corrected chi connectivity index (χ2v) is 7.75. The number of pyridine rings is 1. The van der Waals surface area contributed by atoms with Gasteiger partial charge in [-0.2, -0.15) is 0 Å². The van der Waals surface area contributed by atoms with Crippen molar-refractivity contribution in [3.8, 4) is 22.6 Å². The number of rotatable bonds is 4. The second-order valence-electron chi connectivity index (χ2n) is 7.75. The number of benzene rings is 2. The van der Waals surface area contributed by atoms with Crippen LogP contribution in [0, 0.1) is 0 Å². The first-order valence-electron chi connectivity index (χ1n) is 10.4. The number of phenols is 1. The van der Waals surface area contributed by atoms with Crippen LogP contribution in [0.25, 0.3) is 28.0 Å². The smallest absolute Gasteiger partial charge is 0.337 e. The van der Waals surface area contributed by atoms with Crippen LogP contribution >= 0.6 is 0 Å². The van der Waals surface area contributed by atoms with E-state index in [-0.39, 0.29) is 17.5 Å². The lowest BCUT2D eigenvalue weighted by Crippen LogP contribution is -2.28. The van der Waals surface area contributed by atoms with Gasteiger partial charge in [-0.1, -0.05) is 18.2 Å². The van der Waals surface area contributed by atoms with Crippen LogP contribution in [0.15, 0.2) is 65.6 Å². The Morgan fingerprint density at radius 2 is 1.94 bits per heavy atom. The van der Waals surface area contributed by atoms with Crippen molar-refractivity contribution >= 4 is 17.1 Å². The van der Waals surface area contributed by atoms with Crippen molar-refractivity contribution in [2.75, 3.05) is 20.2 Å². The van der Waals surface area contributed by atoms with Crippen LogP contribution in [0.2, 0.25) is 0 Å². The zero-order chi connectivity index (χ0) is 22.2. The van der Waals surface area contributed by atoms with Crippen molar-refractivity contribution in [1.82, 2.24) is 19.4 Å². The lowest BCUT2D eigenvalue weighted by molar-refractivity contribution is 0.0600. The first kappa shape index (κ1) is 20.0. The molecule has 0 spiro atoms. The van der Waals surface area contributed by atoms with Gasteiger partial charge in [-0.25, -0.2) is 14.6 Å². The summed E-state index contributed by atoms with van der Waals surface area (Å²) in [7, 11) is 1.34. The van der Waals surface area contributed by atoms with Gasteiger partial charge in [0.15, 0.2) is 5.65 Å². The van der Waals surface area contributed by atoms with Crippen molar-refractivity contribution < 1.29 is 14.6 Å². The molecule has 3 heterocycles. The van der Waals surface area contributed by atoms with Crippen LogP contribution in [-0.4, -0.2) is 45.4 Å². The predicted molar refractivity (Wildman–Crippen MR) is 120 cm³/mol. The first-order valence-corrected chi connectivity index (χ1v) is 10.4. The summed E-state index contributed by atoms with van der Waals surface area (Å²) in [6.45, 7) is 1.56. The lowest BCUT2D eigenvalue weighted by atomic mass is 10.0. The minimum Gasteiger partial charge on any atom is -0.506 e. The Bertz CT molecular complexity index is 1370. The van der Waals surface area contributed by atoms with Crippen molar-refractivity contribution in [3.63, 3.8) is 0 Å². The van der Waals surface area contributed by atoms with Gasteiger partial charge < -0.3 is 15.2 Å². The zero-order valence-corrected chi connectivity index (χ0v) is 17.5. The molecular weight excluding hydrogens is 408 g/mol. The number of methoxy groups -OCH3 is 1. The molecule has 4 aromatic rings. The van der Waals surface area contributed by atoms with E-state index in [4.69, 9.17) is 4.74 Å². The molecule has 1 saturated heterocycles. The highest BCUT2D eigenvalue weighted by Gasteiger charge is 2.25. The van der Waals surface area contributed by atoms with Gasteiger partial charge in [0.1, 0.15) is 5.75 Å². The molecule has 1 atom stereocenters. The predicted octanol–water partition coefficient (Wildman–Crippen LogP) is 2.88. The fourth-order valence-corrected chi connectivity index (χ4v) is 4.28. The topological polar surface area (TPSA) is 98.4 Å². The molecule has 2 aromatic heterocycles. The number of hydrogen-bond donors (Lipinski definition) is 2. The van der Waals surface area contributed by atoms with Crippen LogP contribution in [0.3, 0.4) is 0 Å². The fourth-order valence-electron chi connectivity index (χ4n) is 4.28. The van der Waals surface area contributed by atoms with E-state index in [1.54, 1.807) is 53.2 Å². The minimum absolute atomic E-state index is 0.0194. The monoisotopic (exact) mass is 430 g/mol. The molecule has 5 rings (SSSR count). The van der Waals surface area contributed by atoms with Gasteiger partial charge in [-0.05, 0) is 60.5 Å². The van der Waals surface area contributed by atoms with Gasteiger partial charge in [0.05, 0.1) is 29.9 Å². The quantitative estimate of drug-likeness (QED) is 0.483. The molecule has 1 aliphatic rings. The summed E-state index contributed by atoms with van der Waals surface area (Å²) >= 11 is 0. The van der Waals surface area contributed by atoms with Crippen molar-refractivity contribution in [1.29, 1.82) is 0 Å². The normalized spacial score (nSPS) is 15.8. The Balaban J connectivity index is 1.59. The van der Waals surface area contributed by atoms with E-state index < -0.39 is 5.97 Å². The van der Waals surface area contributed by atoms with Gasteiger partial charge >= 0.3 is 11.7 Å². The van der Waals surface area contributed by atoms with Crippen molar-refractivity contribution in [2.24, 2.45) is 0 Å². The molecule has 0 amide bonds. The standard InChI is InChI=1S/C24H22N4O4/c1-32-23(30)16-6-4-15(5-7-16)17-8-9-19(21(29)13-17)28-20-3-2-11-26-22(20)27(24(28)31)18-10-12-25-14-18/h2-9,11,13,18,25,29H,10,12,14H2,1H3/t18-/m0/s1. The number of ether oxygens (including phenoxy) is 1. The SMILES string of the molecule is COC(=O)c1ccc(-c2ccc(-n3c(=O)n([C@H]4CCNC4)c4ncccc43)c(O)c2)cc1. The number of aromatic nitrogens is 3. The molecule has 1 fully saturated rings. The summed E-state index contributed by atoms with van der Waals surface area (Å²) < 4.78 is 7.96. The summed E-state index contributed by atoms with van der Waals surface area (Å²) in [4.78, 5) is 29.5. The van der Waals surface area contributed by atoms with E-state index >= 15 is 0 Å². The van der Waals surface area contributed by atoms with E-state index in [0.29, 0.717) is 29.0 Å². The van der Waals surface area contributed by atoms with Crippen LogP contribution in [0.5, 0.6) is 5.75 Å². The number of hydrogen-bond acceptors (Lipinski definition) is 6.